The molecule has 1 unspecified atom stereocenters. The van der Waals surface area contributed by atoms with E-state index in [9.17, 15) is 4.79 Å². The Labute approximate surface area is 184 Å². The summed E-state index contributed by atoms with van der Waals surface area (Å²) >= 11 is 6.36. The lowest BCUT2D eigenvalue weighted by atomic mass is 10.1. The molecule has 1 saturated heterocycles. The largest absolute Gasteiger partial charge is 0.493 e. The minimum atomic E-state index is 0.208. The Morgan fingerprint density at radius 1 is 1.30 bits per heavy atom. The molecule has 8 heteroatoms. The number of hydrogen-bond donors (Lipinski definition) is 2. The molecule has 0 bridgehead atoms. The summed E-state index contributed by atoms with van der Waals surface area (Å²) in [6, 6.07) is 3.99. The number of amides is 1. The summed E-state index contributed by atoms with van der Waals surface area (Å²) in [4.78, 5) is 19.0. The van der Waals surface area contributed by atoms with E-state index in [-0.39, 0.29) is 12.0 Å². The number of guanidine groups is 1. The fourth-order valence-electron chi connectivity index (χ4n) is 4.24. The van der Waals surface area contributed by atoms with Gasteiger partial charge in [-0.05, 0) is 43.9 Å². The van der Waals surface area contributed by atoms with Crippen molar-refractivity contribution < 1.29 is 14.3 Å². The van der Waals surface area contributed by atoms with Crippen molar-refractivity contribution >= 4 is 23.5 Å². The van der Waals surface area contributed by atoms with Gasteiger partial charge >= 0.3 is 0 Å². The van der Waals surface area contributed by atoms with Crippen molar-refractivity contribution in [3.8, 4) is 11.5 Å². The Morgan fingerprint density at radius 3 is 2.73 bits per heavy atom. The number of halogens is 1. The molecule has 1 aliphatic heterocycles. The molecule has 1 atom stereocenters. The van der Waals surface area contributed by atoms with Crippen LogP contribution in [-0.2, 0) is 11.3 Å². The highest BCUT2D eigenvalue weighted by molar-refractivity contribution is 6.32. The van der Waals surface area contributed by atoms with Crippen molar-refractivity contribution in [2.45, 2.75) is 51.6 Å². The molecule has 1 aliphatic carbocycles. The maximum Gasteiger partial charge on any atom is 0.225 e. The summed E-state index contributed by atoms with van der Waals surface area (Å²) in [6.45, 7) is 4.52. The number of carbonyl (C=O) groups excluding carboxylic acids is 1. The van der Waals surface area contributed by atoms with Crippen molar-refractivity contribution in [3.63, 3.8) is 0 Å². The van der Waals surface area contributed by atoms with Crippen LogP contribution in [0.3, 0.4) is 0 Å². The molecular weight excluding hydrogens is 404 g/mol. The van der Waals surface area contributed by atoms with Gasteiger partial charge < -0.3 is 25.0 Å². The van der Waals surface area contributed by atoms with E-state index >= 15 is 0 Å². The van der Waals surface area contributed by atoms with Crippen LogP contribution >= 0.6 is 11.6 Å². The second kappa shape index (κ2) is 10.8. The summed E-state index contributed by atoms with van der Waals surface area (Å²) in [5, 5.41) is 7.29. The Hall–Kier alpha value is -2.15. The number of aliphatic imine (C=N–C) groups is 1. The molecule has 1 amide bonds. The van der Waals surface area contributed by atoms with Crippen LogP contribution in [0, 0.1) is 5.92 Å². The summed E-state index contributed by atoms with van der Waals surface area (Å²) in [6.07, 6.45) is 5.39. The third-order valence-electron chi connectivity index (χ3n) is 5.81. The van der Waals surface area contributed by atoms with Crippen LogP contribution < -0.4 is 20.1 Å². The summed E-state index contributed by atoms with van der Waals surface area (Å²) < 4.78 is 11.0. The number of nitrogens with one attached hydrogen (secondary N) is 2. The molecule has 2 N–H and O–H groups in total. The molecule has 1 saturated carbocycles. The smallest absolute Gasteiger partial charge is 0.225 e. The minimum absolute atomic E-state index is 0.208. The summed E-state index contributed by atoms with van der Waals surface area (Å²) in [5.41, 5.74) is 0.965. The van der Waals surface area contributed by atoms with Crippen LogP contribution in [0.5, 0.6) is 11.5 Å². The van der Waals surface area contributed by atoms with E-state index in [1.165, 1.54) is 12.8 Å². The first-order valence-corrected chi connectivity index (χ1v) is 11.2. The number of rotatable bonds is 7. The lowest BCUT2D eigenvalue weighted by molar-refractivity contribution is -0.134. The number of carbonyl (C=O) groups is 1. The van der Waals surface area contributed by atoms with E-state index < -0.39 is 0 Å². The standard InChI is InChI=1S/C22H33ClN4O3/c1-4-30-20-18(23)11-15(12-19(20)29-3)13-25-22(24-2)26-17-9-10-27(14-17)21(28)16-7-5-6-8-16/h11-12,16-17H,4-10,13-14H2,1-3H3,(H2,24,25,26). The highest BCUT2D eigenvalue weighted by Gasteiger charge is 2.32. The predicted octanol–water partition coefficient (Wildman–Crippen LogP) is 3.20. The minimum Gasteiger partial charge on any atom is -0.493 e. The van der Waals surface area contributed by atoms with Crippen LogP contribution in [0.2, 0.25) is 5.02 Å². The van der Waals surface area contributed by atoms with Crippen LogP contribution in [0.1, 0.15) is 44.6 Å². The second-order valence-electron chi connectivity index (χ2n) is 7.86. The number of nitrogens with zero attached hydrogens (tertiary/aromatic N) is 2. The van der Waals surface area contributed by atoms with E-state index in [0.717, 1.165) is 37.9 Å². The van der Waals surface area contributed by atoms with Gasteiger partial charge in [-0.2, -0.15) is 0 Å². The monoisotopic (exact) mass is 436 g/mol. The second-order valence-corrected chi connectivity index (χ2v) is 8.27. The van der Waals surface area contributed by atoms with Crippen LogP contribution in [0.25, 0.3) is 0 Å². The van der Waals surface area contributed by atoms with Gasteiger partial charge in [-0.3, -0.25) is 9.79 Å². The summed E-state index contributed by atoms with van der Waals surface area (Å²) in [7, 11) is 3.35. The Morgan fingerprint density at radius 2 is 2.07 bits per heavy atom. The normalized spacial score (nSPS) is 19.8. The van der Waals surface area contributed by atoms with E-state index in [0.29, 0.717) is 41.5 Å². The topological polar surface area (TPSA) is 75.2 Å². The van der Waals surface area contributed by atoms with E-state index in [4.69, 9.17) is 21.1 Å². The van der Waals surface area contributed by atoms with Gasteiger partial charge in [0.15, 0.2) is 17.5 Å². The zero-order valence-corrected chi connectivity index (χ0v) is 18.9. The first-order chi connectivity index (χ1) is 14.5. The first kappa shape index (κ1) is 22.5. The van der Waals surface area contributed by atoms with Crippen molar-refractivity contribution in [3.05, 3.63) is 22.7 Å². The Balaban J connectivity index is 1.53. The highest BCUT2D eigenvalue weighted by Crippen LogP contribution is 2.36. The molecule has 0 aromatic heterocycles. The van der Waals surface area contributed by atoms with Gasteiger partial charge in [-0.25, -0.2) is 0 Å². The Bertz CT molecular complexity index is 765. The van der Waals surface area contributed by atoms with Gasteiger partial charge in [0.1, 0.15) is 0 Å². The maximum atomic E-state index is 12.6. The molecule has 1 aromatic carbocycles. The molecule has 0 spiro atoms. The maximum absolute atomic E-state index is 12.6. The molecule has 2 aliphatic rings. The van der Waals surface area contributed by atoms with Gasteiger partial charge in [-0.1, -0.05) is 24.4 Å². The predicted molar refractivity (Wildman–Crippen MR) is 119 cm³/mol. The molecule has 30 heavy (non-hydrogen) atoms. The molecule has 166 valence electrons. The van der Waals surface area contributed by atoms with Gasteiger partial charge in [0.25, 0.3) is 0 Å². The molecular formula is C22H33ClN4O3. The average molecular weight is 437 g/mol. The molecule has 1 aromatic rings. The lowest BCUT2D eigenvalue weighted by Gasteiger charge is -2.21. The van der Waals surface area contributed by atoms with Gasteiger partial charge in [0, 0.05) is 38.6 Å². The number of ether oxygens (including phenoxy) is 2. The molecule has 3 rings (SSSR count). The SMILES string of the molecule is CCOc1c(Cl)cc(CNC(=NC)NC2CCN(C(=O)C3CCCC3)C2)cc1OC. The molecule has 1 heterocycles. The zero-order valence-electron chi connectivity index (χ0n) is 18.2. The summed E-state index contributed by atoms with van der Waals surface area (Å²) in [5.74, 6) is 2.45. The fraction of sp³-hybridized carbons (Fsp3) is 0.636. The van der Waals surface area contributed by atoms with E-state index in [1.807, 2.05) is 24.0 Å². The highest BCUT2D eigenvalue weighted by atomic mass is 35.5. The third-order valence-corrected chi connectivity index (χ3v) is 6.09. The average Bonchev–Trinajstić information content (AvgIpc) is 3.44. The number of likely N-dealkylation sites (tertiary alicyclic amines) is 1. The Kier molecular flexibility index (Phi) is 8.08. The van der Waals surface area contributed by atoms with Crippen molar-refractivity contribution in [2.24, 2.45) is 10.9 Å². The van der Waals surface area contributed by atoms with Gasteiger partial charge in [-0.15, -0.1) is 0 Å². The van der Waals surface area contributed by atoms with Crippen molar-refractivity contribution in [2.75, 3.05) is 33.9 Å². The fourth-order valence-corrected chi connectivity index (χ4v) is 4.53. The molecule has 7 nitrogen and oxygen atoms in total. The molecule has 2 fully saturated rings. The lowest BCUT2D eigenvalue weighted by Crippen LogP contribution is -2.45. The number of benzene rings is 1. The van der Waals surface area contributed by atoms with E-state index in [1.54, 1.807) is 14.2 Å². The van der Waals surface area contributed by atoms with Crippen molar-refractivity contribution in [1.29, 1.82) is 0 Å². The van der Waals surface area contributed by atoms with Crippen LogP contribution in [0.4, 0.5) is 0 Å². The van der Waals surface area contributed by atoms with Gasteiger partial charge in [0.2, 0.25) is 5.91 Å². The van der Waals surface area contributed by atoms with Gasteiger partial charge in [0.05, 0.1) is 18.7 Å². The number of hydrogen-bond acceptors (Lipinski definition) is 4. The zero-order chi connectivity index (χ0) is 21.5. The quantitative estimate of drug-likeness (QED) is 0.507. The van der Waals surface area contributed by atoms with Crippen LogP contribution in [-0.4, -0.2) is 56.7 Å². The van der Waals surface area contributed by atoms with E-state index in [2.05, 4.69) is 15.6 Å². The van der Waals surface area contributed by atoms with Crippen molar-refractivity contribution in [1.82, 2.24) is 15.5 Å². The third kappa shape index (κ3) is 5.50. The van der Waals surface area contributed by atoms with Crippen LogP contribution in [0.15, 0.2) is 17.1 Å². The molecule has 0 radical (unpaired) electrons. The first-order valence-electron chi connectivity index (χ1n) is 10.8. The number of methoxy groups -OCH3 is 1.